The summed E-state index contributed by atoms with van der Waals surface area (Å²) in [7, 11) is 0. The van der Waals surface area contributed by atoms with Gasteiger partial charge in [-0.1, -0.05) is 26.7 Å². The molecule has 15 heavy (non-hydrogen) atoms. The number of unbranched alkanes of at least 4 members (excludes halogenated alkanes) is 2. The van der Waals surface area contributed by atoms with E-state index in [1.165, 1.54) is 12.5 Å². The van der Waals surface area contributed by atoms with E-state index >= 15 is 0 Å². The lowest BCUT2D eigenvalue weighted by molar-refractivity contribution is 0.293. The van der Waals surface area contributed by atoms with Gasteiger partial charge in [0.05, 0.1) is 0 Å². The summed E-state index contributed by atoms with van der Waals surface area (Å²) in [4.78, 5) is 0. The Balaban J connectivity index is 3.72. The lowest BCUT2D eigenvalue weighted by Crippen LogP contribution is -1.85. The van der Waals surface area contributed by atoms with Gasteiger partial charge in [-0.25, -0.2) is 0 Å². The van der Waals surface area contributed by atoms with Gasteiger partial charge in [-0.05, 0) is 12.8 Å². The molecule has 0 aliphatic heterocycles. The molecule has 0 fully saturated rings. The largest absolute Gasteiger partial charge is 0.509 e. The first-order chi connectivity index (χ1) is 7.20. The maximum absolute atomic E-state index is 9.29. The molecule has 0 aromatic heterocycles. The van der Waals surface area contributed by atoms with Crippen LogP contribution in [0.15, 0.2) is 24.0 Å². The number of aliphatic hydroxyl groups is 2. The summed E-state index contributed by atoms with van der Waals surface area (Å²) in [5, 5.41) is 18.6. The van der Waals surface area contributed by atoms with E-state index < -0.39 is 0 Å². The minimum absolute atomic E-state index is 0.219. The van der Waals surface area contributed by atoms with Crippen LogP contribution in [-0.2, 0) is 4.74 Å². The Morgan fingerprint density at radius 3 is 1.67 bits per heavy atom. The van der Waals surface area contributed by atoms with Gasteiger partial charge in [0.15, 0.2) is 0 Å². The maximum Gasteiger partial charge on any atom is 0.128 e. The van der Waals surface area contributed by atoms with Crippen molar-refractivity contribution < 1.29 is 14.9 Å². The second kappa shape index (κ2) is 9.44. The molecule has 3 heteroatoms. The highest BCUT2D eigenvalue weighted by Crippen LogP contribution is 2.06. The van der Waals surface area contributed by atoms with Crippen molar-refractivity contribution in [3.8, 4) is 0 Å². The third-order valence-corrected chi connectivity index (χ3v) is 1.98. The zero-order valence-corrected chi connectivity index (χ0v) is 9.70. The molecular formula is C12H22O3. The van der Waals surface area contributed by atoms with Gasteiger partial charge in [0.25, 0.3) is 0 Å². The summed E-state index contributed by atoms with van der Waals surface area (Å²) < 4.78 is 4.93. The zero-order valence-electron chi connectivity index (χ0n) is 9.70. The second-order valence-corrected chi connectivity index (χ2v) is 3.56. The summed E-state index contributed by atoms with van der Waals surface area (Å²) in [6.07, 6.45) is 7.76. The maximum atomic E-state index is 9.29. The average Bonchev–Trinajstić information content (AvgIpc) is 2.23. The zero-order chi connectivity index (χ0) is 11.5. The van der Waals surface area contributed by atoms with E-state index in [2.05, 4.69) is 13.8 Å². The Hall–Kier alpha value is -1.12. The van der Waals surface area contributed by atoms with Crippen molar-refractivity contribution in [2.45, 2.75) is 52.4 Å². The Kier molecular flexibility index (Phi) is 8.73. The molecule has 0 aromatic carbocycles. The smallest absolute Gasteiger partial charge is 0.128 e. The molecule has 0 saturated heterocycles. The SMILES string of the molecule is CCCCC(O)=COC=C(O)CCCC. The molecule has 0 aliphatic rings. The molecule has 0 saturated carbocycles. The summed E-state index contributed by atoms with van der Waals surface area (Å²) in [5.74, 6) is 0.438. The van der Waals surface area contributed by atoms with Crippen molar-refractivity contribution in [1.82, 2.24) is 0 Å². The van der Waals surface area contributed by atoms with Gasteiger partial charge in [0.1, 0.15) is 24.0 Å². The fourth-order valence-electron chi connectivity index (χ4n) is 1.02. The molecule has 0 heterocycles. The number of allylic oxidation sites excluding steroid dienone is 2. The van der Waals surface area contributed by atoms with E-state index in [9.17, 15) is 10.2 Å². The van der Waals surface area contributed by atoms with Gasteiger partial charge < -0.3 is 14.9 Å². The van der Waals surface area contributed by atoms with Gasteiger partial charge in [-0.3, -0.25) is 0 Å². The van der Waals surface area contributed by atoms with Crippen LogP contribution in [0.5, 0.6) is 0 Å². The average molecular weight is 214 g/mol. The molecule has 0 bridgehead atoms. The Labute approximate surface area is 92.1 Å². The highest BCUT2D eigenvalue weighted by molar-refractivity contribution is 4.89. The van der Waals surface area contributed by atoms with E-state index in [1.54, 1.807) is 0 Å². The van der Waals surface area contributed by atoms with Crippen molar-refractivity contribution in [3.05, 3.63) is 24.0 Å². The van der Waals surface area contributed by atoms with Crippen molar-refractivity contribution >= 4 is 0 Å². The van der Waals surface area contributed by atoms with Crippen LogP contribution < -0.4 is 0 Å². The molecular weight excluding hydrogens is 192 g/mol. The van der Waals surface area contributed by atoms with Crippen LogP contribution in [0.2, 0.25) is 0 Å². The fraction of sp³-hybridized carbons (Fsp3) is 0.667. The van der Waals surface area contributed by atoms with Crippen LogP contribution in [0.4, 0.5) is 0 Å². The highest BCUT2D eigenvalue weighted by Gasteiger charge is 1.94. The van der Waals surface area contributed by atoms with Crippen LogP contribution in [-0.4, -0.2) is 10.2 Å². The van der Waals surface area contributed by atoms with Crippen LogP contribution in [0.25, 0.3) is 0 Å². The van der Waals surface area contributed by atoms with Gasteiger partial charge >= 0.3 is 0 Å². The van der Waals surface area contributed by atoms with Crippen molar-refractivity contribution in [2.75, 3.05) is 0 Å². The lowest BCUT2D eigenvalue weighted by Gasteiger charge is -1.99. The van der Waals surface area contributed by atoms with Gasteiger partial charge in [-0.15, -0.1) is 0 Å². The standard InChI is InChI=1S/C12H22O3/c1-3-5-7-11(13)9-15-10-12(14)8-6-4-2/h9-10,13-14H,3-8H2,1-2H3. The van der Waals surface area contributed by atoms with Crippen LogP contribution in [0, 0.1) is 0 Å². The minimum atomic E-state index is 0.219. The monoisotopic (exact) mass is 214 g/mol. The van der Waals surface area contributed by atoms with Crippen LogP contribution >= 0.6 is 0 Å². The molecule has 0 radical (unpaired) electrons. The topological polar surface area (TPSA) is 49.7 Å². The number of aliphatic hydroxyl groups excluding tert-OH is 2. The third kappa shape index (κ3) is 9.19. The molecule has 88 valence electrons. The van der Waals surface area contributed by atoms with Gasteiger partial charge in [0, 0.05) is 12.8 Å². The summed E-state index contributed by atoms with van der Waals surface area (Å²) in [5.41, 5.74) is 0. The predicted octanol–water partition coefficient (Wildman–Crippen LogP) is 4.18. The Morgan fingerprint density at radius 1 is 0.933 bits per heavy atom. The van der Waals surface area contributed by atoms with E-state index in [0.29, 0.717) is 12.8 Å². The molecule has 0 unspecified atom stereocenters. The van der Waals surface area contributed by atoms with E-state index in [1.807, 2.05) is 0 Å². The van der Waals surface area contributed by atoms with E-state index in [0.717, 1.165) is 25.7 Å². The second-order valence-electron chi connectivity index (χ2n) is 3.56. The Bertz CT molecular complexity index is 185. The quantitative estimate of drug-likeness (QED) is 0.596. The number of hydrogen-bond acceptors (Lipinski definition) is 3. The Morgan fingerprint density at radius 2 is 1.33 bits per heavy atom. The van der Waals surface area contributed by atoms with Crippen molar-refractivity contribution in [3.63, 3.8) is 0 Å². The normalized spacial score (nSPS) is 12.9. The molecule has 0 aliphatic carbocycles. The first-order valence-electron chi connectivity index (χ1n) is 5.62. The number of rotatable bonds is 8. The number of ether oxygens (including phenoxy) is 1. The summed E-state index contributed by atoms with van der Waals surface area (Å²) in [6.45, 7) is 4.12. The predicted molar refractivity (Wildman–Crippen MR) is 61.6 cm³/mol. The number of hydrogen-bond donors (Lipinski definition) is 2. The van der Waals surface area contributed by atoms with Gasteiger partial charge in [-0.2, -0.15) is 0 Å². The van der Waals surface area contributed by atoms with Crippen LogP contribution in [0.3, 0.4) is 0 Å². The lowest BCUT2D eigenvalue weighted by atomic mass is 10.2. The van der Waals surface area contributed by atoms with E-state index in [-0.39, 0.29) is 11.5 Å². The highest BCUT2D eigenvalue weighted by atomic mass is 16.5. The summed E-state index contributed by atoms with van der Waals surface area (Å²) in [6, 6.07) is 0. The van der Waals surface area contributed by atoms with Crippen LogP contribution in [0.1, 0.15) is 52.4 Å². The first-order valence-corrected chi connectivity index (χ1v) is 5.62. The molecule has 0 amide bonds. The molecule has 0 atom stereocenters. The summed E-state index contributed by atoms with van der Waals surface area (Å²) >= 11 is 0. The third-order valence-electron chi connectivity index (χ3n) is 1.98. The minimum Gasteiger partial charge on any atom is -0.509 e. The van der Waals surface area contributed by atoms with Gasteiger partial charge in [0.2, 0.25) is 0 Å². The van der Waals surface area contributed by atoms with E-state index in [4.69, 9.17) is 4.74 Å². The molecule has 0 rings (SSSR count). The molecule has 0 spiro atoms. The first kappa shape index (κ1) is 13.9. The van der Waals surface area contributed by atoms with Crippen molar-refractivity contribution in [2.24, 2.45) is 0 Å². The molecule has 0 aromatic rings. The van der Waals surface area contributed by atoms with Crippen molar-refractivity contribution in [1.29, 1.82) is 0 Å². The molecule has 3 nitrogen and oxygen atoms in total. The molecule has 2 N–H and O–H groups in total. The fourth-order valence-corrected chi connectivity index (χ4v) is 1.02.